The van der Waals surface area contributed by atoms with Gasteiger partial charge in [0, 0.05) is 43.9 Å². The number of amides is 3. The molecular formula is C59H66ClN3O12. The van der Waals surface area contributed by atoms with Crippen LogP contribution in [0.5, 0.6) is 34.5 Å². The molecule has 0 aliphatic carbocycles. The zero-order valence-corrected chi connectivity index (χ0v) is 43.2. The first-order chi connectivity index (χ1) is 36.4. The van der Waals surface area contributed by atoms with E-state index in [0.29, 0.717) is 61.5 Å². The van der Waals surface area contributed by atoms with E-state index in [2.05, 4.69) is 0 Å². The Morgan fingerprint density at radius 1 is 0.440 bits per heavy atom. The van der Waals surface area contributed by atoms with Crippen molar-refractivity contribution in [3.63, 3.8) is 0 Å². The van der Waals surface area contributed by atoms with Crippen molar-refractivity contribution in [2.75, 3.05) is 59.1 Å². The minimum Gasteiger partial charge on any atom is -0.489 e. The Labute approximate surface area is 443 Å². The van der Waals surface area contributed by atoms with Gasteiger partial charge in [-0.3, -0.25) is 14.4 Å². The van der Waals surface area contributed by atoms with Crippen LogP contribution in [0.2, 0.25) is 5.02 Å². The van der Waals surface area contributed by atoms with E-state index < -0.39 is 0 Å². The molecular weight excluding hydrogens is 978 g/mol. The van der Waals surface area contributed by atoms with Gasteiger partial charge in [-0.1, -0.05) is 77.8 Å². The van der Waals surface area contributed by atoms with Gasteiger partial charge < -0.3 is 58.4 Å². The molecule has 15 nitrogen and oxygen atoms in total. The molecule has 3 unspecified atom stereocenters. The normalized spacial score (nSPS) is 16.7. The van der Waals surface area contributed by atoms with Crippen LogP contribution < -0.4 is 28.4 Å². The summed E-state index contributed by atoms with van der Waals surface area (Å²) in [4.78, 5) is 42.2. The largest absolute Gasteiger partial charge is 0.489 e. The number of likely N-dealkylation sites (tertiary alicyclic amines) is 3. The Balaban J connectivity index is 0.000000164. The molecule has 3 heterocycles. The molecule has 3 fully saturated rings. The van der Waals surface area contributed by atoms with Gasteiger partial charge in [0.15, 0.2) is 19.8 Å². The van der Waals surface area contributed by atoms with E-state index in [1.807, 2.05) is 74.5 Å². The predicted molar refractivity (Wildman–Crippen MR) is 284 cm³/mol. The van der Waals surface area contributed by atoms with E-state index >= 15 is 0 Å². The molecule has 3 amide bonds. The molecule has 0 saturated carbocycles. The maximum Gasteiger partial charge on any atom is 0.260 e. The first-order valence-corrected chi connectivity index (χ1v) is 25.5. The minimum absolute atomic E-state index is 0.00460. The van der Waals surface area contributed by atoms with Crippen LogP contribution in [-0.2, 0) is 34.2 Å². The molecule has 16 heteroatoms. The van der Waals surface area contributed by atoms with Crippen molar-refractivity contribution >= 4 is 29.3 Å². The molecule has 396 valence electrons. The molecule has 75 heavy (non-hydrogen) atoms. The molecule has 6 aromatic rings. The zero-order valence-electron chi connectivity index (χ0n) is 42.4. The highest BCUT2D eigenvalue weighted by atomic mass is 35.5. The van der Waals surface area contributed by atoms with Gasteiger partial charge in [-0.25, -0.2) is 0 Å². The zero-order chi connectivity index (χ0) is 52.9. The summed E-state index contributed by atoms with van der Waals surface area (Å²) < 4.78 is 34.4. The Kier molecular flexibility index (Phi) is 21.0. The van der Waals surface area contributed by atoms with E-state index in [-0.39, 0.29) is 75.7 Å². The molecule has 0 bridgehead atoms. The number of aryl methyl sites for hydroxylation is 2. The summed E-state index contributed by atoms with van der Waals surface area (Å²) in [6, 6.07) is 44.3. The molecule has 9 rings (SSSR count). The van der Waals surface area contributed by atoms with Crippen LogP contribution in [0.4, 0.5) is 0 Å². The lowest BCUT2D eigenvalue weighted by atomic mass is 10.2. The molecule has 3 aliphatic rings. The number of aliphatic hydroxyl groups excluding tert-OH is 3. The van der Waals surface area contributed by atoms with Crippen LogP contribution in [0.1, 0.15) is 47.1 Å². The summed E-state index contributed by atoms with van der Waals surface area (Å²) in [5, 5.41) is 27.7. The summed E-state index contributed by atoms with van der Waals surface area (Å²) >= 11 is 5.86. The highest BCUT2D eigenvalue weighted by Gasteiger charge is 2.30. The fourth-order valence-corrected chi connectivity index (χ4v) is 8.46. The molecule has 3 atom stereocenters. The van der Waals surface area contributed by atoms with Gasteiger partial charge >= 0.3 is 0 Å². The Morgan fingerprint density at radius 3 is 1.12 bits per heavy atom. The van der Waals surface area contributed by atoms with E-state index in [1.54, 1.807) is 99.6 Å². The Morgan fingerprint density at radius 2 is 0.773 bits per heavy atom. The monoisotopic (exact) mass is 1040 g/mol. The van der Waals surface area contributed by atoms with E-state index in [0.717, 1.165) is 58.8 Å². The van der Waals surface area contributed by atoms with Crippen LogP contribution in [0, 0.1) is 13.8 Å². The standard InChI is InChI=1S/2C20H23NO4.C19H20ClNO4/c1-15-2-6-18(7-3-15)25-19-10-11-21(12-19)20(23)14-24-17-8-4-16(13-22)5-9-17;1-15-3-2-4-18(11-15)25-19-9-10-21(12-19)20(23)14-24-17-7-5-16(13-22)6-8-17;20-15-3-7-17(8-4-15)25-18-9-10-21(11-18)19(23)13-24-16-5-1-14(12-22)2-6-16/h2-9,19,22H,10-14H2,1H3;2-8,11,19,22H,9-10,12-14H2,1H3;1-8,18,22H,9-13H2. The van der Waals surface area contributed by atoms with Gasteiger partial charge in [0.25, 0.3) is 17.7 Å². The third-order valence-electron chi connectivity index (χ3n) is 12.6. The number of carbonyl (C=O) groups excluding carboxylic acids is 3. The summed E-state index contributed by atoms with van der Waals surface area (Å²) in [5.74, 6) is 4.15. The second-order valence-corrected chi connectivity index (χ2v) is 18.9. The average molecular weight is 1040 g/mol. The number of hydrogen-bond donors (Lipinski definition) is 3. The molecule has 6 aromatic carbocycles. The SMILES string of the molecule is Cc1ccc(OC2CCN(C(=O)COc3ccc(CO)cc3)C2)cc1.Cc1cccc(OC2CCN(C(=O)COc3ccc(CO)cc3)C2)c1.O=C(COc1ccc(CO)cc1)N1CCC(Oc2ccc(Cl)cc2)C1. The number of ether oxygens (including phenoxy) is 6. The number of nitrogens with zero attached hydrogens (tertiary/aromatic N) is 3. The van der Waals surface area contributed by atoms with Crippen molar-refractivity contribution in [2.45, 2.75) is 71.2 Å². The van der Waals surface area contributed by atoms with Crippen LogP contribution in [0.3, 0.4) is 0 Å². The van der Waals surface area contributed by atoms with Crippen LogP contribution in [-0.4, -0.2) is 125 Å². The van der Waals surface area contributed by atoms with Crippen molar-refractivity contribution < 1.29 is 58.1 Å². The average Bonchev–Trinajstić information content (AvgIpc) is 4.24. The highest BCUT2D eigenvalue weighted by molar-refractivity contribution is 6.30. The van der Waals surface area contributed by atoms with Gasteiger partial charge in [-0.2, -0.15) is 0 Å². The quantitative estimate of drug-likeness (QED) is 0.0758. The van der Waals surface area contributed by atoms with Crippen molar-refractivity contribution in [1.82, 2.24) is 14.7 Å². The van der Waals surface area contributed by atoms with Crippen molar-refractivity contribution in [2.24, 2.45) is 0 Å². The Bertz CT molecular complexity index is 2580. The summed E-state index contributed by atoms with van der Waals surface area (Å²) in [6.45, 7) is 7.80. The lowest BCUT2D eigenvalue weighted by Crippen LogP contribution is -2.34. The lowest BCUT2D eigenvalue weighted by molar-refractivity contribution is -0.133. The molecule has 0 aromatic heterocycles. The van der Waals surface area contributed by atoms with E-state index in [1.165, 1.54) is 5.56 Å². The van der Waals surface area contributed by atoms with Crippen LogP contribution in [0.15, 0.2) is 146 Å². The van der Waals surface area contributed by atoms with E-state index in [4.69, 9.17) is 55.3 Å². The summed E-state index contributed by atoms with van der Waals surface area (Å²) in [5.41, 5.74) is 4.79. The number of benzene rings is 6. The summed E-state index contributed by atoms with van der Waals surface area (Å²) in [6.07, 6.45) is 2.47. The van der Waals surface area contributed by atoms with Gasteiger partial charge in [0.05, 0.1) is 39.5 Å². The third-order valence-corrected chi connectivity index (χ3v) is 12.9. The molecule has 0 spiro atoms. The number of aliphatic hydroxyl groups is 3. The van der Waals surface area contributed by atoms with Crippen molar-refractivity contribution in [3.8, 4) is 34.5 Å². The molecule has 0 radical (unpaired) electrons. The fourth-order valence-electron chi connectivity index (χ4n) is 8.33. The fraction of sp³-hybridized carbons (Fsp3) is 0.339. The summed E-state index contributed by atoms with van der Waals surface area (Å²) in [7, 11) is 0. The number of rotatable bonds is 18. The van der Waals surface area contributed by atoms with Crippen molar-refractivity contribution in [3.05, 3.63) is 178 Å². The second kappa shape index (κ2) is 28.4. The number of hydrogen-bond acceptors (Lipinski definition) is 12. The topological polar surface area (TPSA) is 177 Å². The first-order valence-electron chi connectivity index (χ1n) is 25.1. The van der Waals surface area contributed by atoms with Crippen LogP contribution >= 0.6 is 11.6 Å². The number of halogens is 1. The van der Waals surface area contributed by atoms with E-state index in [9.17, 15) is 14.4 Å². The Hall–Kier alpha value is -7.30. The lowest BCUT2D eigenvalue weighted by Gasteiger charge is -2.18. The highest BCUT2D eigenvalue weighted by Crippen LogP contribution is 2.24. The smallest absolute Gasteiger partial charge is 0.260 e. The minimum atomic E-state index is -0.0616. The van der Waals surface area contributed by atoms with Crippen molar-refractivity contribution in [1.29, 1.82) is 0 Å². The number of carbonyl (C=O) groups is 3. The molecule has 3 N–H and O–H groups in total. The maximum absolute atomic E-state index is 12.3. The van der Waals surface area contributed by atoms with Gasteiger partial charge in [-0.05, 0) is 121 Å². The molecule has 3 aliphatic heterocycles. The maximum atomic E-state index is 12.3. The predicted octanol–water partition coefficient (Wildman–Crippen LogP) is 7.98. The van der Waals surface area contributed by atoms with Gasteiger partial charge in [0.2, 0.25) is 0 Å². The molecule has 3 saturated heterocycles. The van der Waals surface area contributed by atoms with Gasteiger partial charge in [0.1, 0.15) is 52.8 Å². The third kappa shape index (κ3) is 18.0. The van der Waals surface area contributed by atoms with Gasteiger partial charge in [-0.15, -0.1) is 0 Å². The first kappa shape index (κ1) is 55.5. The van der Waals surface area contributed by atoms with Crippen LogP contribution in [0.25, 0.3) is 0 Å². The second-order valence-electron chi connectivity index (χ2n) is 18.5.